The molecule has 1 heterocycles. The first-order valence-electron chi connectivity index (χ1n) is 11.6. The third kappa shape index (κ3) is 4.41. The molecule has 0 spiro atoms. The maximum atomic E-state index is 12.9. The Morgan fingerprint density at radius 2 is 1.59 bits per heavy atom. The van der Waals surface area contributed by atoms with Crippen molar-refractivity contribution in [1.82, 2.24) is 10.2 Å². The van der Waals surface area contributed by atoms with Gasteiger partial charge in [0.05, 0.1) is 0 Å². The van der Waals surface area contributed by atoms with Gasteiger partial charge in [-0.2, -0.15) is 0 Å². The van der Waals surface area contributed by atoms with E-state index in [0.29, 0.717) is 29.5 Å². The van der Waals surface area contributed by atoms with Crippen LogP contribution in [0.25, 0.3) is 10.8 Å². The Kier molecular flexibility index (Phi) is 5.84. The average Bonchev–Trinajstić information content (AvgIpc) is 3.69. The molecule has 7 heteroatoms. The first-order chi connectivity index (χ1) is 16.5. The molecule has 3 aromatic carbocycles. The van der Waals surface area contributed by atoms with Crippen molar-refractivity contribution < 1.29 is 19.2 Å². The van der Waals surface area contributed by atoms with Gasteiger partial charge in [0.25, 0.3) is 11.8 Å². The molecule has 1 saturated carbocycles. The topological polar surface area (TPSA) is 95.6 Å². The molecule has 5 rings (SSSR count). The van der Waals surface area contributed by atoms with Gasteiger partial charge < -0.3 is 10.6 Å². The van der Waals surface area contributed by atoms with Crippen molar-refractivity contribution >= 4 is 40.1 Å². The summed E-state index contributed by atoms with van der Waals surface area (Å²) >= 11 is 0. The number of nitrogens with one attached hydrogen (secondary N) is 2. The summed E-state index contributed by atoms with van der Waals surface area (Å²) in [6.45, 7) is 0.515. The standard InChI is InChI=1S/C27H25N3O4/c31-23(28-16-17-5-1-8-20(15-17)29-25(32)19-12-13-19)11-4-14-30-26(33)21-9-2-6-18-7-3-10-22(24(18)21)27(30)34/h1-3,5-10,15,19H,4,11-14,16H2,(H,28,31)(H,29,32). The van der Waals surface area contributed by atoms with Crippen LogP contribution in [-0.2, 0) is 16.1 Å². The number of rotatable bonds is 8. The fourth-order valence-electron chi connectivity index (χ4n) is 4.32. The van der Waals surface area contributed by atoms with Crippen LogP contribution in [0.5, 0.6) is 0 Å². The van der Waals surface area contributed by atoms with E-state index in [1.165, 1.54) is 4.90 Å². The predicted octanol–water partition coefficient (Wildman–Crippen LogP) is 3.88. The van der Waals surface area contributed by atoms with Crippen molar-refractivity contribution in [3.05, 3.63) is 77.4 Å². The summed E-state index contributed by atoms with van der Waals surface area (Å²) < 4.78 is 0. The van der Waals surface area contributed by atoms with Gasteiger partial charge in [-0.3, -0.25) is 24.1 Å². The van der Waals surface area contributed by atoms with Crippen LogP contribution in [0.3, 0.4) is 0 Å². The van der Waals surface area contributed by atoms with Crippen molar-refractivity contribution in [2.75, 3.05) is 11.9 Å². The Morgan fingerprint density at radius 1 is 0.912 bits per heavy atom. The molecule has 1 aliphatic heterocycles. The molecule has 0 saturated heterocycles. The molecule has 1 aliphatic carbocycles. The van der Waals surface area contributed by atoms with E-state index in [2.05, 4.69) is 10.6 Å². The molecule has 2 aliphatic rings. The molecule has 2 N–H and O–H groups in total. The number of carbonyl (C=O) groups is 4. The minimum Gasteiger partial charge on any atom is -0.352 e. The largest absolute Gasteiger partial charge is 0.352 e. The number of imide groups is 1. The zero-order chi connectivity index (χ0) is 23.7. The number of carbonyl (C=O) groups excluding carboxylic acids is 4. The van der Waals surface area contributed by atoms with Crippen molar-refractivity contribution in [2.45, 2.75) is 32.2 Å². The van der Waals surface area contributed by atoms with Gasteiger partial charge >= 0.3 is 0 Å². The summed E-state index contributed by atoms with van der Waals surface area (Å²) in [7, 11) is 0. The summed E-state index contributed by atoms with van der Waals surface area (Å²) in [6.07, 6.45) is 2.46. The van der Waals surface area contributed by atoms with Crippen LogP contribution in [0, 0.1) is 5.92 Å². The van der Waals surface area contributed by atoms with Gasteiger partial charge in [0.1, 0.15) is 0 Å². The minimum atomic E-state index is -0.320. The van der Waals surface area contributed by atoms with Crippen molar-refractivity contribution in [3.8, 4) is 0 Å². The molecule has 0 radical (unpaired) electrons. The van der Waals surface area contributed by atoms with Crippen molar-refractivity contribution in [1.29, 1.82) is 0 Å². The highest BCUT2D eigenvalue weighted by Crippen LogP contribution is 2.31. The lowest BCUT2D eigenvalue weighted by atomic mass is 9.94. The van der Waals surface area contributed by atoms with E-state index in [-0.39, 0.29) is 42.5 Å². The van der Waals surface area contributed by atoms with Crippen molar-refractivity contribution in [2.24, 2.45) is 5.92 Å². The van der Waals surface area contributed by atoms with E-state index >= 15 is 0 Å². The molecule has 0 bridgehead atoms. The number of hydrogen-bond acceptors (Lipinski definition) is 4. The van der Waals surface area contributed by atoms with Crippen LogP contribution in [-0.4, -0.2) is 35.1 Å². The van der Waals surface area contributed by atoms with E-state index in [4.69, 9.17) is 0 Å². The van der Waals surface area contributed by atoms with Crippen LogP contribution in [0.1, 0.15) is 52.0 Å². The second-order valence-corrected chi connectivity index (χ2v) is 8.82. The molecular weight excluding hydrogens is 430 g/mol. The summed E-state index contributed by atoms with van der Waals surface area (Å²) in [5.74, 6) is -0.628. The highest BCUT2D eigenvalue weighted by atomic mass is 16.2. The zero-order valence-electron chi connectivity index (χ0n) is 18.7. The summed E-state index contributed by atoms with van der Waals surface area (Å²) in [5, 5.41) is 7.34. The fraction of sp³-hybridized carbons (Fsp3) is 0.259. The van der Waals surface area contributed by atoms with Crippen molar-refractivity contribution in [3.63, 3.8) is 0 Å². The summed E-state index contributed by atoms with van der Waals surface area (Å²) in [4.78, 5) is 51.4. The van der Waals surface area contributed by atoms with Crippen LogP contribution in [0.2, 0.25) is 0 Å². The number of nitrogens with zero attached hydrogens (tertiary/aromatic N) is 1. The lowest BCUT2D eigenvalue weighted by molar-refractivity contribution is -0.121. The maximum absolute atomic E-state index is 12.9. The Bertz CT molecular complexity index is 1260. The Balaban J connectivity index is 1.14. The average molecular weight is 456 g/mol. The molecule has 7 nitrogen and oxygen atoms in total. The monoisotopic (exact) mass is 455 g/mol. The second kappa shape index (κ2) is 9.09. The zero-order valence-corrected chi connectivity index (χ0v) is 18.7. The van der Waals surface area contributed by atoms with Gasteiger partial charge in [0, 0.05) is 47.6 Å². The normalized spacial score (nSPS) is 14.9. The number of benzene rings is 3. The van der Waals surface area contributed by atoms with Gasteiger partial charge in [-0.15, -0.1) is 0 Å². The van der Waals surface area contributed by atoms with E-state index in [0.717, 1.165) is 29.5 Å². The van der Waals surface area contributed by atoms with Gasteiger partial charge in [0.15, 0.2) is 0 Å². The summed E-state index contributed by atoms with van der Waals surface area (Å²) in [6, 6.07) is 18.3. The number of hydrogen-bond donors (Lipinski definition) is 2. The molecule has 3 aromatic rings. The SMILES string of the molecule is O=C(CCCN1C(=O)c2cccc3cccc(c23)C1=O)NCc1cccc(NC(=O)C2CC2)c1. The molecule has 4 amide bonds. The molecule has 0 aromatic heterocycles. The first kappa shape index (κ1) is 21.8. The van der Waals surface area contributed by atoms with Gasteiger partial charge in [-0.25, -0.2) is 0 Å². The maximum Gasteiger partial charge on any atom is 0.261 e. The third-order valence-corrected chi connectivity index (χ3v) is 6.27. The summed E-state index contributed by atoms with van der Waals surface area (Å²) in [5.41, 5.74) is 2.64. The molecule has 1 fully saturated rings. The molecular formula is C27H25N3O4. The van der Waals surface area contributed by atoms with Crippen LogP contribution in [0.15, 0.2) is 60.7 Å². The molecule has 172 valence electrons. The molecule has 0 unspecified atom stereocenters. The van der Waals surface area contributed by atoms with Crippen LogP contribution < -0.4 is 10.6 Å². The van der Waals surface area contributed by atoms with Crippen LogP contribution >= 0.6 is 0 Å². The van der Waals surface area contributed by atoms with Crippen LogP contribution in [0.4, 0.5) is 5.69 Å². The van der Waals surface area contributed by atoms with Gasteiger partial charge in [-0.05, 0) is 54.5 Å². The highest BCUT2D eigenvalue weighted by Gasteiger charge is 2.32. The number of amides is 4. The predicted molar refractivity (Wildman–Crippen MR) is 128 cm³/mol. The third-order valence-electron chi connectivity index (χ3n) is 6.27. The Hall–Kier alpha value is -4.00. The Morgan fingerprint density at radius 3 is 2.26 bits per heavy atom. The Labute approximate surface area is 197 Å². The molecule has 34 heavy (non-hydrogen) atoms. The van der Waals surface area contributed by atoms with E-state index in [9.17, 15) is 19.2 Å². The minimum absolute atomic E-state index is 0.0434. The lowest BCUT2D eigenvalue weighted by Crippen LogP contribution is -2.41. The second-order valence-electron chi connectivity index (χ2n) is 8.82. The molecule has 0 atom stereocenters. The van der Waals surface area contributed by atoms with E-state index in [1.54, 1.807) is 12.1 Å². The fourth-order valence-corrected chi connectivity index (χ4v) is 4.32. The quantitative estimate of drug-likeness (QED) is 0.504. The number of anilines is 1. The highest BCUT2D eigenvalue weighted by molar-refractivity contribution is 6.25. The first-order valence-corrected chi connectivity index (χ1v) is 11.6. The van der Waals surface area contributed by atoms with Gasteiger partial charge in [0.2, 0.25) is 11.8 Å². The van der Waals surface area contributed by atoms with E-state index in [1.807, 2.05) is 48.5 Å². The lowest BCUT2D eigenvalue weighted by Gasteiger charge is -2.27. The van der Waals surface area contributed by atoms with E-state index < -0.39 is 0 Å². The van der Waals surface area contributed by atoms with Gasteiger partial charge in [-0.1, -0.05) is 36.4 Å². The smallest absolute Gasteiger partial charge is 0.261 e.